The summed E-state index contributed by atoms with van der Waals surface area (Å²) in [5, 5.41) is 7.95. The Kier molecular flexibility index (Phi) is 6.22. The third-order valence-corrected chi connectivity index (χ3v) is 7.02. The highest BCUT2D eigenvalue weighted by molar-refractivity contribution is 5.86. The molecule has 3 N–H and O–H groups in total. The molecule has 0 aliphatic carbocycles. The van der Waals surface area contributed by atoms with Crippen LogP contribution < -0.4 is 15.8 Å². The lowest BCUT2D eigenvalue weighted by molar-refractivity contribution is -0.157. The fourth-order valence-corrected chi connectivity index (χ4v) is 5.28. The van der Waals surface area contributed by atoms with Gasteiger partial charge in [0.05, 0.1) is 19.9 Å². The largest absolute Gasteiger partial charge is 0.496 e. The molecule has 0 bridgehead atoms. The van der Waals surface area contributed by atoms with Gasteiger partial charge in [0, 0.05) is 57.2 Å². The Bertz CT molecular complexity index is 1230. The Morgan fingerprint density at radius 2 is 2.00 bits per heavy atom. The van der Waals surface area contributed by atoms with E-state index in [2.05, 4.69) is 50.4 Å². The number of nitrogen functional groups attached to an aromatic ring is 1. The number of amides is 1. The van der Waals surface area contributed by atoms with Crippen LogP contribution in [0.4, 0.5) is 11.8 Å². The van der Waals surface area contributed by atoms with Crippen LogP contribution in [-0.2, 0) is 17.9 Å². The minimum atomic E-state index is 0.179. The molecule has 35 heavy (non-hydrogen) atoms. The minimum absolute atomic E-state index is 0.179. The molecule has 4 heterocycles. The van der Waals surface area contributed by atoms with Gasteiger partial charge in [-0.1, -0.05) is 25.5 Å². The van der Waals surface area contributed by atoms with Crippen molar-refractivity contribution in [1.82, 2.24) is 29.5 Å². The maximum Gasteiger partial charge on any atom is 0.222 e. The van der Waals surface area contributed by atoms with Gasteiger partial charge in [0.2, 0.25) is 11.9 Å². The van der Waals surface area contributed by atoms with E-state index < -0.39 is 0 Å². The van der Waals surface area contributed by atoms with Crippen LogP contribution in [0.15, 0.2) is 24.4 Å². The van der Waals surface area contributed by atoms with Crippen molar-refractivity contribution >= 4 is 28.7 Å². The summed E-state index contributed by atoms with van der Waals surface area (Å²) in [5.41, 5.74) is 10.0. The number of methoxy groups -OCH3 is 1. The van der Waals surface area contributed by atoms with Crippen molar-refractivity contribution in [2.24, 2.45) is 5.41 Å². The van der Waals surface area contributed by atoms with E-state index in [-0.39, 0.29) is 11.9 Å². The van der Waals surface area contributed by atoms with Gasteiger partial charge in [-0.25, -0.2) is 4.98 Å². The topological polar surface area (TPSA) is 114 Å². The number of fused-ring (bicyclic) bond motifs is 1. The number of hydrogen-bond acceptors (Lipinski definition) is 8. The first-order valence-corrected chi connectivity index (χ1v) is 12.3. The molecule has 5 rings (SSSR count). The number of anilines is 2. The molecular formula is C25H34N8O2. The van der Waals surface area contributed by atoms with Gasteiger partial charge < -0.3 is 20.7 Å². The van der Waals surface area contributed by atoms with Gasteiger partial charge in [0.1, 0.15) is 16.8 Å². The van der Waals surface area contributed by atoms with Gasteiger partial charge in [0.15, 0.2) is 5.82 Å². The molecule has 0 radical (unpaired) electrons. The molecule has 2 saturated heterocycles. The number of aromatic nitrogens is 4. The van der Waals surface area contributed by atoms with Crippen LogP contribution in [-0.4, -0.2) is 75.3 Å². The van der Waals surface area contributed by atoms with Crippen LogP contribution in [0.25, 0.3) is 11.0 Å². The van der Waals surface area contributed by atoms with Crippen molar-refractivity contribution in [3.63, 3.8) is 0 Å². The Hall–Kier alpha value is -3.40. The first kappa shape index (κ1) is 23.3. The fourth-order valence-electron chi connectivity index (χ4n) is 5.28. The summed E-state index contributed by atoms with van der Waals surface area (Å²) < 4.78 is 7.65. The highest BCUT2D eigenvalue weighted by Gasteiger charge is 2.52. The van der Waals surface area contributed by atoms with Crippen LogP contribution in [0.1, 0.15) is 37.8 Å². The van der Waals surface area contributed by atoms with Gasteiger partial charge in [-0.3, -0.25) is 14.4 Å². The second kappa shape index (κ2) is 9.33. The van der Waals surface area contributed by atoms with Crippen LogP contribution in [0, 0.1) is 5.41 Å². The number of ether oxygens (including phenoxy) is 1. The summed E-state index contributed by atoms with van der Waals surface area (Å²) in [6.07, 6.45) is 3.86. The zero-order valence-corrected chi connectivity index (χ0v) is 20.8. The summed E-state index contributed by atoms with van der Waals surface area (Å²) in [5.74, 6) is 1.96. The van der Waals surface area contributed by atoms with E-state index >= 15 is 0 Å². The van der Waals surface area contributed by atoms with Crippen LogP contribution in [0.3, 0.4) is 0 Å². The van der Waals surface area contributed by atoms with Crippen molar-refractivity contribution in [2.75, 3.05) is 50.9 Å². The number of rotatable bonds is 9. The molecule has 2 aromatic heterocycles. The third kappa shape index (κ3) is 4.62. The molecule has 0 saturated carbocycles. The number of nitrogens with one attached hydrogen (secondary N) is 1. The maximum atomic E-state index is 11.5. The van der Waals surface area contributed by atoms with Gasteiger partial charge in [-0.05, 0) is 18.1 Å². The lowest BCUT2D eigenvalue weighted by Crippen LogP contribution is -2.72. The smallest absolute Gasteiger partial charge is 0.222 e. The first-order valence-electron chi connectivity index (χ1n) is 12.3. The zero-order chi connectivity index (χ0) is 24.6. The third-order valence-electron chi connectivity index (χ3n) is 7.02. The van der Waals surface area contributed by atoms with Crippen LogP contribution >= 0.6 is 0 Å². The highest BCUT2D eigenvalue weighted by atomic mass is 16.5. The van der Waals surface area contributed by atoms with E-state index in [0.717, 1.165) is 74.5 Å². The normalized spacial score (nSPS) is 16.8. The molecular weight excluding hydrogens is 444 g/mol. The maximum absolute atomic E-state index is 11.5. The minimum Gasteiger partial charge on any atom is -0.496 e. The number of likely N-dealkylation sites (tertiary alicyclic amines) is 2. The lowest BCUT2D eigenvalue weighted by Gasteiger charge is -2.60. The lowest BCUT2D eigenvalue weighted by atomic mass is 9.72. The molecule has 2 aliphatic rings. The number of carbonyl (C=O) groups is 1. The van der Waals surface area contributed by atoms with E-state index in [0.29, 0.717) is 17.8 Å². The number of nitrogens with two attached hydrogens (primary N) is 1. The second-order valence-corrected chi connectivity index (χ2v) is 9.91. The SMILES string of the molecule is CCCCNc1nc(N)nc2cnn(Cc3ccc(CN4CC5(C4)CN(C(C)=O)C5)cc3OC)c12. The van der Waals surface area contributed by atoms with Gasteiger partial charge in [0.25, 0.3) is 0 Å². The summed E-state index contributed by atoms with van der Waals surface area (Å²) in [7, 11) is 1.70. The molecule has 3 aromatic rings. The summed E-state index contributed by atoms with van der Waals surface area (Å²) in [6, 6.07) is 6.38. The molecule has 2 aliphatic heterocycles. The Morgan fingerprint density at radius 1 is 1.20 bits per heavy atom. The van der Waals surface area contributed by atoms with Crippen molar-refractivity contribution in [1.29, 1.82) is 0 Å². The number of nitrogens with zero attached hydrogens (tertiary/aromatic N) is 6. The predicted molar refractivity (Wildman–Crippen MR) is 135 cm³/mol. The summed E-state index contributed by atoms with van der Waals surface area (Å²) in [4.78, 5) is 24.6. The Balaban J connectivity index is 1.28. The van der Waals surface area contributed by atoms with E-state index in [1.54, 1.807) is 20.2 Å². The molecule has 1 aromatic carbocycles. The molecule has 0 unspecified atom stereocenters. The van der Waals surface area contributed by atoms with Crippen molar-refractivity contribution < 1.29 is 9.53 Å². The van der Waals surface area contributed by atoms with Crippen molar-refractivity contribution in [3.8, 4) is 5.75 Å². The molecule has 2 fully saturated rings. The van der Waals surface area contributed by atoms with E-state index in [4.69, 9.17) is 10.5 Å². The number of unbranched alkanes of at least 4 members (excludes halogenated alkanes) is 1. The first-order chi connectivity index (χ1) is 16.9. The molecule has 186 valence electrons. The highest BCUT2D eigenvalue weighted by Crippen LogP contribution is 2.40. The van der Waals surface area contributed by atoms with Gasteiger partial charge in [-0.15, -0.1) is 0 Å². The quantitative estimate of drug-likeness (QED) is 0.451. The molecule has 10 heteroatoms. The van der Waals surface area contributed by atoms with Crippen LogP contribution in [0.5, 0.6) is 5.75 Å². The van der Waals surface area contributed by atoms with Gasteiger partial charge >= 0.3 is 0 Å². The standard InChI is InChI=1S/C25H34N8O2/c1-4-5-8-27-23-22-20(29-24(26)30-23)10-28-33(22)12-19-7-6-18(9-21(19)35-3)11-31-13-25(14-31)15-32(16-25)17(2)34/h6-7,9-10H,4-5,8,11-16H2,1-3H3,(H3,26,27,29,30). The average molecular weight is 479 g/mol. The van der Waals surface area contributed by atoms with Crippen molar-refractivity contribution in [3.05, 3.63) is 35.5 Å². The predicted octanol–water partition coefficient (Wildman–Crippen LogP) is 2.34. The Morgan fingerprint density at radius 3 is 2.71 bits per heavy atom. The zero-order valence-electron chi connectivity index (χ0n) is 20.8. The number of hydrogen-bond donors (Lipinski definition) is 2. The van der Waals surface area contributed by atoms with E-state index in [9.17, 15) is 4.79 Å². The van der Waals surface area contributed by atoms with Crippen molar-refractivity contribution in [2.45, 2.75) is 39.8 Å². The monoisotopic (exact) mass is 478 g/mol. The molecule has 0 atom stereocenters. The fraction of sp³-hybridized carbons (Fsp3) is 0.520. The number of carbonyl (C=O) groups excluding carboxylic acids is 1. The van der Waals surface area contributed by atoms with Crippen LogP contribution in [0.2, 0.25) is 0 Å². The molecule has 1 amide bonds. The average Bonchev–Trinajstić information content (AvgIpc) is 3.17. The van der Waals surface area contributed by atoms with E-state index in [1.807, 2.05) is 9.58 Å². The van der Waals surface area contributed by atoms with Gasteiger partial charge in [-0.2, -0.15) is 10.1 Å². The molecule has 10 nitrogen and oxygen atoms in total. The Labute approximate surface area is 205 Å². The van der Waals surface area contributed by atoms with E-state index in [1.165, 1.54) is 5.56 Å². The number of benzene rings is 1. The summed E-state index contributed by atoms with van der Waals surface area (Å²) in [6.45, 7) is 9.89. The second-order valence-electron chi connectivity index (χ2n) is 9.91. The summed E-state index contributed by atoms with van der Waals surface area (Å²) >= 11 is 0. The molecule has 1 spiro atoms.